The fraction of sp³-hybridized carbons (Fsp3) is 0.389. The van der Waals surface area contributed by atoms with Crippen LogP contribution in [0.3, 0.4) is 0 Å². The number of nitrogens with zero attached hydrogens (tertiary/aromatic N) is 1. The van der Waals surface area contributed by atoms with Crippen LogP contribution >= 0.6 is 22.7 Å². The third kappa shape index (κ3) is 4.47. The molecule has 0 aromatic carbocycles. The van der Waals surface area contributed by atoms with Crippen molar-refractivity contribution < 1.29 is 14.3 Å². The van der Waals surface area contributed by atoms with E-state index < -0.39 is 11.9 Å². The van der Waals surface area contributed by atoms with Crippen molar-refractivity contribution in [3.8, 4) is 6.07 Å². The van der Waals surface area contributed by atoms with E-state index in [1.165, 1.54) is 16.2 Å². The predicted octanol–water partition coefficient (Wildman–Crippen LogP) is 3.67. The summed E-state index contributed by atoms with van der Waals surface area (Å²) in [7, 11) is 0. The number of anilines is 1. The summed E-state index contributed by atoms with van der Waals surface area (Å²) in [6, 6.07) is 4.16. The maximum Gasteiger partial charge on any atom is 0.306 e. The van der Waals surface area contributed by atoms with E-state index in [-0.39, 0.29) is 13.0 Å². The Kier molecular flexibility index (Phi) is 5.84. The van der Waals surface area contributed by atoms with Crippen molar-refractivity contribution in [2.75, 3.05) is 11.9 Å². The van der Waals surface area contributed by atoms with Gasteiger partial charge in [-0.15, -0.1) is 11.3 Å². The number of nitriles is 1. The van der Waals surface area contributed by atoms with Crippen LogP contribution < -0.4 is 5.32 Å². The van der Waals surface area contributed by atoms with Crippen LogP contribution in [0.4, 0.5) is 5.00 Å². The first-order valence-corrected chi connectivity index (χ1v) is 9.94. The first-order chi connectivity index (χ1) is 12.2. The average Bonchev–Trinajstić information content (AvgIpc) is 3.25. The SMILES string of the molecule is N#Cc1c(NC(=O)COC(=O)CCc2ccsc2)sc2c1CCCC2. The van der Waals surface area contributed by atoms with Gasteiger partial charge in [-0.2, -0.15) is 16.6 Å². The van der Waals surface area contributed by atoms with Gasteiger partial charge in [0.2, 0.25) is 0 Å². The van der Waals surface area contributed by atoms with Crippen LogP contribution in [0.5, 0.6) is 0 Å². The molecule has 5 nitrogen and oxygen atoms in total. The van der Waals surface area contributed by atoms with Gasteiger partial charge in [-0.3, -0.25) is 9.59 Å². The monoisotopic (exact) mass is 374 g/mol. The van der Waals surface area contributed by atoms with Gasteiger partial charge in [-0.25, -0.2) is 0 Å². The second-order valence-corrected chi connectivity index (χ2v) is 7.75. The Morgan fingerprint density at radius 3 is 2.92 bits per heavy atom. The highest BCUT2D eigenvalue weighted by atomic mass is 32.1. The molecular formula is C18H18N2O3S2. The Bertz CT molecular complexity index is 803. The molecule has 0 fully saturated rings. The largest absolute Gasteiger partial charge is 0.456 e. The molecule has 2 aromatic rings. The number of hydrogen-bond donors (Lipinski definition) is 1. The molecule has 130 valence electrons. The lowest BCUT2D eigenvalue weighted by Crippen LogP contribution is -2.21. The van der Waals surface area contributed by atoms with E-state index in [0.717, 1.165) is 36.8 Å². The first kappa shape index (κ1) is 17.6. The van der Waals surface area contributed by atoms with E-state index in [1.807, 2.05) is 16.8 Å². The summed E-state index contributed by atoms with van der Waals surface area (Å²) in [5.41, 5.74) is 2.73. The molecule has 7 heteroatoms. The van der Waals surface area contributed by atoms with Gasteiger partial charge in [0.15, 0.2) is 6.61 Å². The van der Waals surface area contributed by atoms with Gasteiger partial charge in [0.1, 0.15) is 11.1 Å². The quantitative estimate of drug-likeness (QED) is 0.783. The molecule has 2 aromatic heterocycles. The van der Waals surface area contributed by atoms with Crippen LogP contribution in [0.1, 0.15) is 40.8 Å². The van der Waals surface area contributed by atoms with Crippen molar-refractivity contribution in [3.05, 3.63) is 38.4 Å². The van der Waals surface area contributed by atoms with Crippen molar-refractivity contribution >= 4 is 39.6 Å². The zero-order chi connectivity index (χ0) is 17.6. The van der Waals surface area contributed by atoms with Gasteiger partial charge in [0, 0.05) is 11.3 Å². The normalized spacial score (nSPS) is 12.9. The van der Waals surface area contributed by atoms with Crippen LogP contribution in [0, 0.1) is 11.3 Å². The van der Waals surface area contributed by atoms with Crippen LogP contribution in [0.15, 0.2) is 16.8 Å². The van der Waals surface area contributed by atoms with Crippen LogP contribution in [0.25, 0.3) is 0 Å². The number of fused-ring (bicyclic) bond motifs is 1. The van der Waals surface area contributed by atoms with Crippen LogP contribution in [-0.2, 0) is 33.6 Å². The summed E-state index contributed by atoms with van der Waals surface area (Å²) >= 11 is 3.05. The van der Waals surface area contributed by atoms with Gasteiger partial charge < -0.3 is 10.1 Å². The van der Waals surface area contributed by atoms with Crippen LogP contribution in [0.2, 0.25) is 0 Å². The number of thiophene rings is 2. The number of rotatable bonds is 6. The molecule has 1 amide bonds. The molecule has 0 spiro atoms. The van der Waals surface area contributed by atoms with Crippen LogP contribution in [-0.4, -0.2) is 18.5 Å². The summed E-state index contributed by atoms with van der Waals surface area (Å²) in [6.45, 7) is -0.324. The molecule has 1 aliphatic carbocycles. The third-order valence-electron chi connectivity index (χ3n) is 4.10. The van der Waals surface area contributed by atoms with Gasteiger partial charge in [-0.1, -0.05) is 0 Å². The van der Waals surface area contributed by atoms with E-state index >= 15 is 0 Å². The first-order valence-electron chi connectivity index (χ1n) is 8.18. The Balaban J connectivity index is 1.50. The molecule has 0 atom stereocenters. The molecule has 0 radical (unpaired) electrons. The molecular weight excluding hydrogens is 356 g/mol. The maximum atomic E-state index is 12.0. The Labute approximate surface area is 154 Å². The molecule has 25 heavy (non-hydrogen) atoms. The van der Waals surface area contributed by atoms with Gasteiger partial charge in [0.25, 0.3) is 5.91 Å². The predicted molar refractivity (Wildman–Crippen MR) is 97.9 cm³/mol. The van der Waals surface area contributed by atoms with E-state index in [9.17, 15) is 14.9 Å². The minimum absolute atomic E-state index is 0.251. The lowest BCUT2D eigenvalue weighted by atomic mass is 9.96. The van der Waals surface area contributed by atoms with Gasteiger partial charge >= 0.3 is 5.97 Å². The molecule has 0 saturated heterocycles. The smallest absolute Gasteiger partial charge is 0.306 e. The summed E-state index contributed by atoms with van der Waals surface area (Å²) in [4.78, 5) is 25.0. The van der Waals surface area contributed by atoms with Crippen molar-refractivity contribution in [1.82, 2.24) is 0 Å². The minimum Gasteiger partial charge on any atom is -0.456 e. The Hall–Kier alpha value is -2.17. The zero-order valence-electron chi connectivity index (χ0n) is 13.7. The van der Waals surface area contributed by atoms with Crippen molar-refractivity contribution in [2.24, 2.45) is 0 Å². The molecule has 0 aliphatic heterocycles. The highest BCUT2D eigenvalue weighted by Crippen LogP contribution is 2.37. The Morgan fingerprint density at radius 1 is 1.32 bits per heavy atom. The molecule has 2 heterocycles. The summed E-state index contributed by atoms with van der Waals surface area (Å²) in [6.07, 6.45) is 4.91. The zero-order valence-corrected chi connectivity index (χ0v) is 15.3. The highest BCUT2D eigenvalue weighted by Gasteiger charge is 2.22. The topological polar surface area (TPSA) is 79.2 Å². The minimum atomic E-state index is -0.404. The number of aryl methyl sites for hydroxylation is 2. The molecule has 0 bridgehead atoms. The number of carbonyl (C=O) groups is 2. The van der Waals surface area contributed by atoms with E-state index in [4.69, 9.17) is 4.74 Å². The van der Waals surface area contributed by atoms with Crippen molar-refractivity contribution in [2.45, 2.75) is 38.5 Å². The highest BCUT2D eigenvalue weighted by molar-refractivity contribution is 7.16. The van der Waals surface area contributed by atoms with Gasteiger partial charge in [0.05, 0.1) is 5.56 Å². The number of hydrogen-bond acceptors (Lipinski definition) is 6. The third-order valence-corrected chi connectivity index (χ3v) is 6.04. The second-order valence-electron chi connectivity index (χ2n) is 5.87. The number of carbonyl (C=O) groups excluding carboxylic acids is 2. The molecule has 0 unspecified atom stereocenters. The second kappa shape index (κ2) is 8.28. The summed E-state index contributed by atoms with van der Waals surface area (Å²) in [5, 5.41) is 16.6. The number of esters is 1. The molecule has 3 rings (SSSR count). The molecule has 1 aliphatic rings. The average molecular weight is 374 g/mol. The molecule has 0 saturated carbocycles. The number of nitrogens with one attached hydrogen (secondary N) is 1. The van der Waals surface area contributed by atoms with Gasteiger partial charge in [-0.05, 0) is 60.1 Å². The van der Waals surface area contributed by atoms with E-state index in [1.54, 1.807) is 11.3 Å². The summed E-state index contributed by atoms with van der Waals surface area (Å²) in [5.74, 6) is -0.800. The number of amides is 1. The molecule has 1 N–H and O–H groups in total. The Morgan fingerprint density at radius 2 is 2.16 bits per heavy atom. The van der Waals surface area contributed by atoms with E-state index in [0.29, 0.717) is 17.0 Å². The summed E-state index contributed by atoms with van der Waals surface area (Å²) < 4.78 is 5.02. The fourth-order valence-corrected chi connectivity index (χ4v) is 4.79. The lowest BCUT2D eigenvalue weighted by Gasteiger charge is -2.09. The maximum absolute atomic E-state index is 12.0. The van der Waals surface area contributed by atoms with Crippen molar-refractivity contribution in [1.29, 1.82) is 5.26 Å². The lowest BCUT2D eigenvalue weighted by molar-refractivity contribution is -0.147. The fourth-order valence-electron chi connectivity index (χ4n) is 2.83. The van der Waals surface area contributed by atoms with E-state index in [2.05, 4.69) is 11.4 Å². The number of ether oxygens (including phenoxy) is 1. The van der Waals surface area contributed by atoms with Crippen molar-refractivity contribution in [3.63, 3.8) is 0 Å². The standard InChI is InChI=1S/C18H18N2O3S2/c19-9-14-13-3-1-2-4-15(13)25-18(14)20-16(21)10-23-17(22)6-5-12-7-8-24-11-12/h7-8,11H,1-6,10H2,(H,20,21).